The number of hydrogen-bond acceptors (Lipinski definition) is 12. The van der Waals surface area contributed by atoms with E-state index in [0.717, 1.165) is 115 Å². The maximum absolute atomic E-state index is 8.64. The van der Waals surface area contributed by atoms with Gasteiger partial charge in [-0.2, -0.15) is 0 Å². The van der Waals surface area contributed by atoms with Crippen LogP contribution in [-0.4, -0.2) is 44.9 Å². The summed E-state index contributed by atoms with van der Waals surface area (Å²) in [6.45, 7) is 0. The van der Waals surface area contributed by atoms with Crippen molar-refractivity contribution in [1.29, 1.82) is 0 Å². The van der Waals surface area contributed by atoms with Gasteiger partial charge in [-0.25, -0.2) is 44.9 Å². The number of rotatable bonds is 12. The lowest BCUT2D eigenvalue weighted by atomic mass is 9.92. The Bertz CT molecular complexity index is 11200. The monoisotopic (exact) mass is 1890 g/mol. The van der Waals surface area contributed by atoms with E-state index < -0.39 is 78.6 Å². The van der Waals surface area contributed by atoms with E-state index in [2.05, 4.69) is 263 Å². The van der Waals surface area contributed by atoms with Crippen molar-refractivity contribution in [3.63, 3.8) is 0 Å². The largest absolute Gasteiger partial charge is 0.455 e. The second kappa shape index (κ2) is 35.7. The molecular weight excluding hydrogens is 1800 g/mol. The SMILES string of the molecule is [2H]c1c([2H])c([2H])c(-c2nc(-c3ccc4c(c3)oc3c(-c5ccc6c7ccccc7c7ccccc7c6c5)cccc34)nc(-c3c([2H])c([2H])c([2H])c([2H])c3[2H])n2)c([2H])c1[2H].[2H]c1c([2H])c([2H])c(-c2nc(-c3ccccc3)nc(-c3ccc4c(c3)oc3c(-c5ccc6c7ccccc7c7ccccc7c6c5)cccc34)n2)c([2H])c1[2H].c1ccc(-c2nc(-c3ccccc3)nc(-c3ccc4c(c3)oc3c(-c5ccc6c7ccccc7c7ccccc7c6c5)cccc34)n2)cc1. The highest BCUT2D eigenvalue weighted by Gasteiger charge is 2.25. The molecule has 0 aliphatic heterocycles. The van der Waals surface area contributed by atoms with Gasteiger partial charge in [0.1, 0.15) is 33.5 Å². The van der Waals surface area contributed by atoms with Crippen molar-refractivity contribution in [2.45, 2.75) is 0 Å². The van der Waals surface area contributed by atoms with Crippen molar-refractivity contribution >= 4 is 163 Å². The lowest BCUT2D eigenvalue weighted by Crippen LogP contribution is -2.00. The van der Waals surface area contributed by atoms with Crippen molar-refractivity contribution in [1.82, 2.24) is 44.9 Å². The first-order chi connectivity index (χ1) is 79.1. The summed E-state index contributed by atoms with van der Waals surface area (Å²) < 4.78 is 146. The number of hydrogen-bond donors (Lipinski definition) is 0. The summed E-state index contributed by atoms with van der Waals surface area (Å²) in [4.78, 5) is 42.4. The minimum Gasteiger partial charge on any atom is -0.455 e. The Balaban J connectivity index is 0.000000114. The van der Waals surface area contributed by atoms with Crippen LogP contribution >= 0.6 is 0 Å². The summed E-state index contributed by atoms with van der Waals surface area (Å²) in [6, 6.07) is 128. The fourth-order valence-corrected chi connectivity index (χ4v) is 20.8. The normalized spacial score (nSPS) is 13.1. The van der Waals surface area contributed by atoms with E-state index in [9.17, 15) is 0 Å². The summed E-state index contributed by atoms with van der Waals surface area (Å²) in [5.41, 5.74) is 13.9. The van der Waals surface area contributed by atoms with Gasteiger partial charge in [-0.05, 0) is 168 Å². The molecule has 0 unspecified atom stereocenters. The molecule has 30 rings (SSSR count). The molecule has 0 bridgehead atoms. The molecule has 0 atom stereocenters. The summed E-state index contributed by atoms with van der Waals surface area (Å²) in [7, 11) is 0. The minimum absolute atomic E-state index is 0.0144. The minimum atomic E-state index is -0.611. The molecule has 30 aromatic rings. The zero-order chi connectivity index (χ0) is 110. The Morgan fingerprint density at radius 2 is 0.313 bits per heavy atom. The van der Waals surface area contributed by atoms with Crippen LogP contribution in [0.1, 0.15) is 20.6 Å². The van der Waals surface area contributed by atoms with Crippen LogP contribution in [0.15, 0.2) is 504 Å². The molecule has 12 nitrogen and oxygen atoms in total. The number of benzene rings is 24. The maximum atomic E-state index is 8.64. The molecule has 0 saturated heterocycles. The predicted molar refractivity (Wildman–Crippen MR) is 604 cm³/mol. The molecule has 6 aromatic heterocycles. The Morgan fingerprint density at radius 1 is 0.129 bits per heavy atom. The average Bonchev–Trinajstić information content (AvgIpc) is 1.73. The van der Waals surface area contributed by atoms with Crippen LogP contribution < -0.4 is 0 Å². The molecule has 24 aromatic carbocycles. The topological polar surface area (TPSA) is 155 Å². The van der Waals surface area contributed by atoms with Crippen molar-refractivity contribution in [3.8, 4) is 136 Å². The zero-order valence-corrected chi connectivity index (χ0v) is 77.9. The van der Waals surface area contributed by atoms with E-state index in [-0.39, 0.29) is 57.9 Å². The third-order valence-electron chi connectivity index (χ3n) is 27.6. The smallest absolute Gasteiger partial charge is 0.164 e. The molecule has 0 radical (unpaired) electrons. The van der Waals surface area contributed by atoms with Crippen LogP contribution in [0.2, 0.25) is 0 Å². The van der Waals surface area contributed by atoms with Crippen molar-refractivity contribution in [3.05, 3.63) is 491 Å². The molecule has 12 heteroatoms. The molecule has 0 N–H and O–H groups in total. The summed E-state index contributed by atoms with van der Waals surface area (Å²) in [5.74, 6) is 1.73. The van der Waals surface area contributed by atoms with E-state index in [1.165, 1.54) is 80.8 Å². The second-order valence-corrected chi connectivity index (χ2v) is 36.1. The molecule has 684 valence electrons. The van der Waals surface area contributed by atoms with Gasteiger partial charge in [0.15, 0.2) is 52.4 Å². The molecule has 0 saturated carbocycles. The zero-order valence-electron chi connectivity index (χ0n) is 92.9. The Morgan fingerprint density at radius 3 is 0.551 bits per heavy atom. The van der Waals surface area contributed by atoms with E-state index in [1.807, 2.05) is 146 Å². The third-order valence-corrected chi connectivity index (χ3v) is 27.6. The summed E-state index contributed by atoms with van der Waals surface area (Å²) in [6.07, 6.45) is 0. The van der Waals surface area contributed by atoms with Gasteiger partial charge in [0.25, 0.3) is 0 Å². The van der Waals surface area contributed by atoms with Gasteiger partial charge < -0.3 is 13.3 Å². The van der Waals surface area contributed by atoms with Crippen molar-refractivity contribution in [2.75, 3.05) is 0 Å². The average molecular weight is 1890 g/mol. The van der Waals surface area contributed by atoms with Gasteiger partial charge in [0.2, 0.25) is 0 Å². The summed E-state index contributed by atoms with van der Waals surface area (Å²) in [5, 5.41) is 27.4. The van der Waals surface area contributed by atoms with Crippen LogP contribution in [-0.2, 0) is 0 Å². The lowest BCUT2D eigenvalue weighted by molar-refractivity contribution is 0.669. The van der Waals surface area contributed by atoms with Crippen LogP contribution in [0.3, 0.4) is 0 Å². The van der Waals surface area contributed by atoms with Crippen molar-refractivity contribution in [2.24, 2.45) is 0 Å². The second-order valence-electron chi connectivity index (χ2n) is 36.1. The highest BCUT2D eigenvalue weighted by molar-refractivity contribution is 6.29. The first kappa shape index (κ1) is 70.6. The molecule has 147 heavy (non-hydrogen) atoms. The van der Waals surface area contributed by atoms with Gasteiger partial charge in [-0.1, -0.05) is 436 Å². The molecule has 0 fully saturated rings. The lowest BCUT2D eigenvalue weighted by Gasteiger charge is -2.12. The van der Waals surface area contributed by atoms with E-state index >= 15 is 0 Å². The highest BCUT2D eigenvalue weighted by atomic mass is 16.3. The molecule has 6 heterocycles. The third kappa shape index (κ3) is 15.1. The van der Waals surface area contributed by atoms with Crippen molar-refractivity contribution < 1.29 is 33.8 Å². The molecule has 0 aliphatic carbocycles. The van der Waals surface area contributed by atoms with Crippen LogP contribution in [0.5, 0.6) is 0 Å². The van der Waals surface area contributed by atoms with Crippen LogP contribution in [0.4, 0.5) is 0 Å². The van der Waals surface area contributed by atoms with Gasteiger partial charge >= 0.3 is 0 Å². The first-order valence-electron chi connectivity index (χ1n) is 55.6. The Kier molecular flexibility index (Phi) is 17.1. The Hall–Kier alpha value is -20.0. The van der Waals surface area contributed by atoms with Gasteiger partial charge in [0, 0.05) is 99.1 Å². The first-order valence-corrected chi connectivity index (χ1v) is 48.1. The van der Waals surface area contributed by atoms with E-state index in [0.29, 0.717) is 56.7 Å². The fourth-order valence-electron chi connectivity index (χ4n) is 20.8. The van der Waals surface area contributed by atoms with Gasteiger partial charge in [-0.15, -0.1) is 0 Å². The van der Waals surface area contributed by atoms with E-state index in [1.54, 1.807) is 12.1 Å². The maximum Gasteiger partial charge on any atom is 0.164 e. The van der Waals surface area contributed by atoms with Gasteiger partial charge in [0.05, 0.1) is 20.6 Å². The number of fused-ring (bicyclic) bond motifs is 27. The highest BCUT2D eigenvalue weighted by Crippen LogP contribution is 2.48. The van der Waals surface area contributed by atoms with Crippen LogP contribution in [0, 0.1) is 0 Å². The number of furan rings is 3. The number of aromatic nitrogens is 9. The molecule has 0 spiro atoms. The molecule has 0 aliphatic rings. The standard InChI is InChI=1S/3C45H27N3O/c3*1-3-12-28(13-4-1)43-46-44(29-14-5-2-6-15-29)48-45(47-43)31-23-25-38-39-21-11-20-32(42(39)49-41(38)27-31)30-22-24-37-35-18-8-7-16-33(35)34-17-9-10-19-36(34)40(37)26-30/h3*1-27H/i1D,2D,3D,4D,5D,6D,12D,13D,14D,15D;1D,3D,4D,12D,13D;. The number of nitrogens with zero attached hydrogens (tertiary/aromatic N) is 9. The quantitative estimate of drug-likeness (QED) is 0.107. The number of para-hydroxylation sites is 3. The Labute approximate surface area is 863 Å². The van der Waals surface area contributed by atoms with E-state index in [4.69, 9.17) is 58.7 Å². The predicted octanol–water partition coefficient (Wildman–Crippen LogP) is 35.7. The summed E-state index contributed by atoms with van der Waals surface area (Å²) >= 11 is 0. The fraction of sp³-hybridized carbons (Fsp3) is 0. The van der Waals surface area contributed by atoms with Gasteiger partial charge in [-0.3, -0.25) is 0 Å². The molecular formula is C135H81N9O3. The van der Waals surface area contributed by atoms with Crippen LogP contribution in [0.25, 0.3) is 299 Å². The molecule has 0 amide bonds.